The van der Waals surface area contributed by atoms with Crippen LogP contribution in [0, 0.1) is 0 Å². The van der Waals surface area contributed by atoms with Crippen molar-refractivity contribution in [3.8, 4) is 5.88 Å². The Morgan fingerprint density at radius 1 is 1.21 bits per heavy atom. The molecule has 0 N–H and O–H groups in total. The molecule has 152 valence electrons. The van der Waals surface area contributed by atoms with E-state index in [1.807, 2.05) is 18.3 Å². The Balaban J connectivity index is 1.60. The van der Waals surface area contributed by atoms with Crippen LogP contribution >= 0.6 is 0 Å². The lowest BCUT2D eigenvalue weighted by atomic mass is 10.1. The second-order valence-electron chi connectivity index (χ2n) is 7.59. The summed E-state index contributed by atoms with van der Waals surface area (Å²) >= 11 is 0. The minimum atomic E-state index is -2.98. The van der Waals surface area contributed by atoms with Crippen LogP contribution in [0.1, 0.15) is 49.9 Å². The van der Waals surface area contributed by atoms with Crippen molar-refractivity contribution in [3.63, 3.8) is 0 Å². The maximum atomic E-state index is 12.0. The Kier molecular flexibility index (Phi) is 5.52. The molecule has 0 amide bonds. The molecule has 1 atom stereocenters. The summed E-state index contributed by atoms with van der Waals surface area (Å²) in [5.41, 5.74) is 1.02. The smallest absolute Gasteiger partial charge is 0.227 e. The van der Waals surface area contributed by atoms with Gasteiger partial charge in [0, 0.05) is 31.3 Å². The topological polar surface area (TPSA) is 90.2 Å². The summed E-state index contributed by atoms with van der Waals surface area (Å²) in [6, 6.07) is 3.88. The third-order valence-electron chi connectivity index (χ3n) is 5.34. The SMILES string of the molecule is CCCOc1ccc(Cn2c(C3CCS(=O)(=O)C3)nnc2N2CCCC2)cn1. The Labute approximate surface area is 165 Å². The fourth-order valence-corrected chi connectivity index (χ4v) is 5.63. The molecule has 28 heavy (non-hydrogen) atoms. The first kappa shape index (κ1) is 19.2. The third kappa shape index (κ3) is 4.14. The van der Waals surface area contributed by atoms with Crippen molar-refractivity contribution in [1.29, 1.82) is 0 Å². The Bertz CT molecular complexity index is 904. The van der Waals surface area contributed by atoms with E-state index in [-0.39, 0.29) is 17.4 Å². The van der Waals surface area contributed by atoms with Crippen LogP contribution in [0.15, 0.2) is 18.3 Å². The van der Waals surface area contributed by atoms with Crippen molar-refractivity contribution in [2.75, 3.05) is 36.1 Å². The van der Waals surface area contributed by atoms with E-state index in [1.54, 1.807) is 0 Å². The standard InChI is InChI=1S/C19H27N5O3S/c1-2-10-27-17-6-5-15(12-20-17)13-24-18(16-7-11-28(25,26)14-16)21-22-19(24)23-8-3-4-9-23/h5-6,12,16H,2-4,7-11,13-14H2,1H3. The average Bonchev–Trinajstić information content (AvgIpc) is 3.41. The van der Waals surface area contributed by atoms with Gasteiger partial charge in [0.1, 0.15) is 5.82 Å². The zero-order chi connectivity index (χ0) is 19.6. The summed E-state index contributed by atoms with van der Waals surface area (Å²) < 4.78 is 31.6. The highest BCUT2D eigenvalue weighted by Crippen LogP contribution is 2.31. The van der Waals surface area contributed by atoms with Crippen LogP contribution in [0.5, 0.6) is 5.88 Å². The number of hydrogen-bond acceptors (Lipinski definition) is 7. The number of nitrogens with zero attached hydrogens (tertiary/aromatic N) is 5. The molecular formula is C19H27N5O3S. The molecule has 0 bridgehead atoms. The molecule has 4 rings (SSSR count). The van der Waals surface area contributed by atoms with E-state index >= 15 is 0 Å². The molecule has 0 radical (unpaired) electrons. The first-order valence-electron chi connectivity index (χ1n) is 10.0. The Hall–Kier alpha value is -2.16. The van der Waals surface area contributed by atoms with Gasteiger partial charge >= 0.3 is 0 Å². The van der Waals surface area contributed by atoms with Crippen LogP contribution in [0.2, 0.25) is 0 Å². The van der Waals surface area contributed by atoms with E-state index in [0.29, 0.717) is 25.5 Å². The Morgan fingerprint density at radius 3 is 2.68 bits per heavy atom. The lowest BCUT2D eigenvalue weighted by molar-refractivity contribution is 0.305. The van der Waals surface area contributed by atoms with Crippen LogP contribution in [0.25, 0.3) is 0 Å². The molecule has 0 saturated carbocycles. The fraction of sp³-hybridized carbons (Fsp3) is 0.632. The summed E-state index contributed by atoms with van der Waals surface area (Å²) in [6.07, 6.45) is 5.66. The van der Waals surface area contributed by atoms with Crippen LogP contribution in [0.3, 0.4) is 0 Å². The molecular weight excluding hydrogens is 378 g/mol. The van der Waals surface area contributed by atoms with Gasteiger partial charge in [-0.15, -0.1) is 10.2 Å². The minimum absolute atomic E-state index is 0.0889. The quantitative estimate of drug-likeness (QED) is 0.696. The van der Waals surface area contributed by atoms with E-state index in [2.05, 4.69) is 31.6 Å². The number of aromatic nitrogens is 4. The minimum Gasteiger partial charge on any atom is -0.478 e. The summed E-state index contributed by atoms with van der Waals surface area (Å²) in [5, 5.41) is 8.87. The normalized spacial score (nSPS) is 21.3. The zero-order valence-corrected chi connectivity index (χ0v) is 17.1. The van der Waals surface area contributed by atoms with Gasteiger partial charge < -0.3 is 9.64 Å². The number of sulfone groups is 1. The zero-order valence-electron chi connectivity index (χ0n) is 16.2. The number of rotatable bonds is 7. The van der Waals surface area contributed by atoms with Gasteiger partial charge in [-0.2, -0.15) is 0 Å². The molecule has 1 unspecified atom stereocenters. The predicted octanol–water partition coefficient (Wildman–Crippen LogP) is 2.01. The highest BCUT2D eigenvalue weighted by Gasteiger charge is 2.34. The molecule has 8 nitrogen and oxygen atoms in total. The van der Waals surface area contributed by atoms with E-state index in [4.69, 9.17) is 4.74 Å². The first-order valence-corrected chi connectivity index (χ1v) is 11.8. The van der Waals surface area contributed by atoms with Gasteiger partial charge in [0.15, 0.2) is 9.84 Å². The van der Waals surface area contributed by atoms with Crippen molar-refractivity contribution in [2.24, 2.45) is 0 Å². The molecule has 0 aromatic carbocycles. The molecule has 4 heterocycles. The monoisotopic (exact) mass is 405 g/mol. The highest BCUT2D eigenvalue weighted by molar-refractivity contribution is 7.91. The summed E-state index contributed by atoms with van der Waals surface area (Å²) in [4.78, 5) is 6.63. The van der Waals surface area contributed by atoms with Crippen LogP contribution in [-0.4, -0.2) is 59.4 Å². The van der Waals surface area contributed by atoms with Gasteiger partial charge in [0.25, 0.3) is 0 Å². The van der Waals surface area contributed by atoms with Gasteiger partial charge in [0.05, 0.1) is 24.7 Å². The molecule has 2 aromatic heterocycles. The molecule has 2 aliphatic heterocycles. The van der Waals surface area contributed by atoms with Crippen molar-refractivity contribution in [3.05, 3.63) is 29.7 Å². The lowest BCUT2D eigenvalue weighted by Gasteiger charge is -2.20. The average molecular weight is 406 g/mol. The molecule has 0 spiro atoms. The first-order chi connectivity index (χ1) is 13.6. The van der Waals surface area contributed by atoms with Crippen LogP contribution < -0.4 is 9.64 Å². The van der Waals surface area contributed by atoms with Gasteiger partial charge in [-0.1, -0.05) is 13.0 Å². The Morgan fingerprint density at radius 2 is 2.04 bits per heavy atom. The van der Waals surface area contributed by atoms with E-state index in [1.165, 1.54) is 0 Å². The second-order valence-corrected chi connectivity index (χ2v) is 9.82. The van der Waals surface area contributed by atoms with Crippen molar-refractivity contribution in [2.45, 2.75) is 45.1 Å². The second kappa shape index (κ2) is 8.06. The van der Waals surface area contributed by atoms with Gasteiger partial charge in [0.2, 0.25) is 11.8 Å². The predicted molar refractivity (Wildman–Crippen MR) is 107 cm³/mol. The number of pyridine rings is 1. The molecule has 2 aliphatic rings. The molecule has 0 aliphatic carbocycles. The number of anilines is 1. The molecule has 2 aromatic rings. The number of ether oxygens (including phenoxy) is 1. The van der Waals surface area contributed by atoms with E-state index in [9.17, 15) is 8.42 Å². The number of hydrogen-bond donors (Lipinski definition) is 0. The maximum absolute atomic E-state index is 12.0. The molecule has 9 heteroatoms. The lowest BCUT2D eigenvalue weighted by Crippen LogP contribution is -2.23. The summed E-state index contributed by atoms with van der Waals surface area (Å²) in [7, 11) is -2.98. The van der Waals surface area contributed by atoms with Crippen molar-refractivity contribution < 1.29 is 13.2 Å². The van der Waals surface area contributed by atoms with Crippen molar-refractivity contribution in [1.82, 2.24) is 19.7 Å². The van der Waals surface area contributed by atoms with E-state index < -0.39 is 9.84 Å². The molecule has 2 fully saturated rings. The largest absolute Gasteiger partial charge is 0.478 e. The van der Waals surface area contributed by atoms with E-state index in [0.717, 1.165) is 49.7 Å². The maximum Gasteiger partial charge on any atom is 0.227 e. The van der Waals surface area contributed by atoms with Crippen LogP contribution in [0.4, 0.5) is 5.95 Å². The third-order valence-corrected chi connectivity index (χ3v) is 7.11. The highest BCUT2D eigenvalue weighted by atomic mass is 32.2. The summed E-state index contributed by atoms with van der Waals surface area (Å²) in [6.45, 7) is 5.21. The summed E-state index contributed by atoms with van der Waals surface area (Å²) in [5.74, 6) is 2.53. The van der Waals surface area contributed by atoms with Crippen molar-refractivity contribution >= 4 is 15.8 Å². The van der Waals surface area contributed by atoms with Gasteiger partial charge in [-0.3, -0.25) is 4.57 Å². The van der Waals surface area contributed by atoms with Crippen LogP contribution in [-0.2, 0) is 16.4 Å². The van der Waals surface area contributed by atoms with Gasteiger partial charge in [-0.05, 0) is 31.2 Å². The fourth-order valence-electron chi connectivity index (χ4n) is 3.89. The molecule has 2 saturated heterocycles. The van der Waals surface area contributed by atoms with Gasteiger partial charge in [-0.25, -0.2) is 13.4 Å².